The van der Waals surface area contributed by atoms with Gasteiger partial charge in [-0.05, 0) is 66.0 Å². The zero-order chi connectivity index (χ0) is 14.4. The van der Waals surface area contributed by atoms with Gasteiger partial charge in [0.1, 0.15) is 0 Å². The van der Waals surface area contributed by atoms with Crippen molar-refractivity contribution in [2.75, 3.05) is 26.2 Å². The first kappa shape index (κ1) is 16.4. The predicted molar refractivity (Wildman–Crippen MR) is 80.0 cm³/mol. The second-order valence-corrected chi connectivity index (χ2v) is 6.31. The molecule has 1 amide bonds. The normalized spacial score (nSPS) is 21.1. The molecule has 0 spiro atoms. The van der Waals surface area contributed by atoms with E-state index in [1.54, 1.807) is 0 Å². The van der Waals surface area contributed by atoms with Crippen LogP contribution in [-0.2, 0) is 4.79 Å². The molecule has 1 unspecified atom stereocenters. The highest BCUT2D eigenvalue weighted by Crippen LogP contribution is 2.19. The minimum Gasteiger partial charge on any atom is -0.337 e. The van der Waals surface area contributed by atoms with E-state index < -0.39 is 0 Å². The second-order valence-electron chi connectivity index (χ2n) is 6.31. The van der Waals surface area contributed by atoms with Crippen molar-refractivity contribution in [1.82, 2.24) is 9.80 Å². The van der Waals surface area contributed by atoms with Crippen LogP contribution in [0, 0.1) is 5.92 Å². The van der Waals surface area contributed by atoms with Gasteiger partial charge >= 0.3 is 0 Å². The van der Waals surface area contributed by atoms with Crippen LogP contribution in [0.25, 0.3) is 0 Å². The van der Waals surface area contributed by atoms with Crippen LogP contribution in [0.3, 0.4) is 0 Å². The zero-order valence-electron chi connectivity index (χ0n) is 13.1. The smallest absolute Gasteiger partial charge is 0.237 e. The van der Waals surface area contributed by atoms with Crippen LogP contribution in [0.4, 0.5) is 0 Å². The molecule has 0 aromatic heterocycles. The van der Waals surface area contributed by atoms with Gasteiger partial charge < -0.3 is 10.6 Å². The lowest BCUT2D eigenvalue weighted by molar-refractivity contribution is -0.136. The molecule has 4 nitrogen and oxygen atoms in total. The number of hydrogen-bond donors (Lipinski definition) is 1. The Hall–Kier alpha value is -0.610. The third-order valence-corrected chi connectivity index (χ3v) is 3.94. The molecule has 1 rings (SSSR count). The van der Waals surface area contributed by atoms with E-state index in [1.165, 1.54) is 12.8 Å². The molecule has 1 heterocycles. The molecule has 0 aromatic rings. The molecule has 19 heavy (non-hydrogen) atoms. The summed E-state index contributed by atoms with van der Waals surface area (Å²) in [6.07, 6.45) is 3.55. The first-order chi connectivity index (χ1) is 8.95. The Bertz CT molecular complexity index is 269. The lowest BCUT2D eigenvalue weighted by Crippen LogP contribution is -2.49. The lowest BCUT2D eigenvalue weighted by Gasteiger charge is -2.36. The van der Waals surface area contributed by atoms with Gasteiger partial charge in [0, 0.05) is 18.6 Å². The van der Waals surface area contributed by atoms with Crippen molar-refractivity contribution >= 4 is 5.91 Å². The molecule has 0 radical (unpaired) electrons. The fourth-order valence-electron chi connectivity index (χ4n) is 3.21. The maximum Gasteiger partial charge on any atom is 0.237 e. The van der Waals surface area contributed by atoms with Crippen LogP contribution in [0.5, 0.6) is 0 Å². The molecule has 1 aliphatic heterocycles. The standard InChI is InChI=1S/C15H31N3O/c1-12(2)18(13(3)4)15(19)11-17-9-5-6-14(10-17)7-8-16/h12-14H,5-11,16H2,1-4H3. The van der Waals surface area contributed by atoms with Crippen molar-refractivity contribution in [2.45, 2.75) is 59.0 Å². The van der Waals surface area contributed by atoms with E-state index in [1.807, 2.05) is 4.90 Å². The topological polar surface area (TPSA) is 49.6 Å². The van der Waals surface area contributed by atoms with Crippen LogP contribution in [0.2, 0.25) is 0 Å². The van der Waals surface area contributed by atoms with Crippen LogP contribution >= 0.6 is 0 Å². The second kappa shape index (κ2) is 7.85. The maximum atomic E-state index is 12.4. The van der Waals surface area contributed by atoms with Gasteiger partial charge in [-0.3, -0.25) is 9.69 Å². The van der Waals surface area contributed by atoms with Crippen molar-refractivity contribution in [2.24, 2.45) is 11.7 Å². The summed E-state index contributed by atoms with van der Waals surface area (Å²) in [6.45, 7) is 11.8. The van der Waals surface area contributed by atoms with Gasteiger partial charge in [-0.15, -0.1) is 0 Å². The Morgan fingerprint density at radius 2 is 1.95 bits per heavy atom. The van der Waals surface area contributed by atoms with Crippen LogP contribution in [0.1, 0.15) is 47.0 Å². The quantitative estimate of drug-likeness (QED) is 0.798. The van der Waals surface area contributed by atoms with E-state index in [0.717, 1.165) is 26.1 Å². The predicted octanol–water partition coefficient (Wildman–Crippen LogP) is 1.69. The molecule has 1 fully saturated rings. The number of hydrogen-bond acceptors (Lipinski definition) is 3. The van der Waals surface area contributed by atoms with E-state index in [0.29, 0.717) is 12.5 Å². The highest BCUT2D eigenvalue weighted by atomic mass is 16.2. The average Bonchev–Trinajstić information content (AvgIpc) is 2.28. The molecule has 2 N–H and O–H groups in total. The molecule has 0 bridgehead atoms. The summed E-state index contributed by atoms with van der Waals surface area (Å²) in [5.74, 6) is 0.941. The van der Waals surface area contributed by atoms with Crippen molar-refractivity contribution in [3.8, 4) is 0 Å². The van der Waals surface area contributed by atoms with E-state index in [9.17, 15) is 4.79 Å². The van der Waals surface area contributed by atoms with Crippen LogP contribution in [0.15, 0.2) is 0 Å². The minimum absolute atomic E-state index is 0.262. The highest BCUT2D eigenvalue weighted by molar-refractivity contribution is 5.78. The molecule has 112 valence electrons. The summed E-state index contributed by atoms with van der Waals surface area (Å²) in [4.78, 5) is 16.7. The molecule has 1 aliphatic rings. The SMILES string of the molecule is CC(C)N(C(=O)CN1CCCC(CCN)C1)C(C)C. The summed E-state index contributed by atoms with van der Waals surface area (Å²) in [5.41, 5.74) is 5.64. The van der Waals surface area contributed by atoms with Gasteiger partial charge in [-0.25, -0.2) is 0 Å². The first-order valence-electron chi connectivity index (χ1n) is 7.69. The summed E-state index contributed by atoms with van der Waals surface area (Å²) in [7, 11) is 0. The zero-order valence-corrected chi connectivity index (χ0v) is 13.1. The number of nitrogens with two attached hydrogens (primary N) is 1. The van der Waals surface area contributed by atoms with Gasteiger partial charge in [0.25, 0.3) is 0 Å². The minimum atomic E-state index is 0.262. The molecular formula is C15H31N3O. The number of carbonyl (C=O) groups excluding carboxylic acids is 1. The Balaban J connectivity index is 2.50. The Labute approximate surface area is 118 Å². The number of likely N-dealkylation sites (tertiary alicyclic amines) is 1. The summed E-state index contributed by atoms with van der Waals surface area (Å²) >= 11 is 0. The van der Waals surface area contributed by atoms with Gasteiger partial charge in [-0.2, -0.15) is 0 Å². The van der Waals surface area contributed by atoms with Gasteiger partial charge in [0.15, 0.2) is 0 Å². The van der Waals surface area contributed by atoms with Crippen molar-refractivity contribution in [3.05, 3.63) is 0 Å². The van der Waals surface area contributed by atoms with E-state index in [4.69, 9.17) is 5.73 Å². The maximum absolute atomic E-state index is 12.4. The average molecular weight is 269 g/mol. The number of piperidine rings is 1. The van der Waals surface area contributed by atoms with Crippen molar-refractivity contribution < 1.29 is 4.79 Å². The third kappa shape index (κ3) is 5.11. The summed E-state index contributed by atoms with van der Waals surface area (Å²) in [5, 5.41) is 0. The van der Waals surface area contributed by atoms with E-state index in [2.05, 4.69) is 32.6 Å². The lowest BCUT2D eigenvalue weighted by atomic mass is 9.95. The van der Waals surface area contributed by atoms with Crippen molar-refractivity contribution in [3.63, 3.8) is 0 Å². The largest absolute Gasteiger partial charge is 0.337 e. The molecular weight excluding hydrogens is 238 g/mol. The van der Waals surface area contributed by atoms with Gasteiger partial charge in [-0.1, -0.05) is 0 Å². The van der Waals surface area contributed by atoms with E-state index >= 15 is 0 Å². The van der Waals surface area contributed by atoms with Gasteiger partial charge in [0.05, 0.1) is 6.54 Å². The highest BCUT2D eigenvalue weighted by Gasteiger charge is 2.25. The first-order valence-corrected chi connectivity index (χ1v) is 7.69. The number of nitrogens with zero attached hydrogens (tertiary/aromatic N) is 2. The van der Waals surface area contributed by atoms with E-state index in [-0.39, 0.29) is 18.0 Å². The number of amides is 1. The fourth-order valence-corrected chi connectivity index (χ4v) is 3.21. The molecule has 4 heteroatoms. The van der Waals surface area contributed by atoms with Crippen molar-refractivity contribution in [1.29, 1.82) is 0 Å². The molecule has 1 saturated heterocycles. The molecule has 1 atom stereocenters. The monoisotopic (exact) mass is 269 g/mol. The molecule has 0 aliphatic carbocycles. The van der Waals surface area contributed by atoms with Crippen LogP contribution < -0.4 is 5.73 Å². The third-order valence-electron chi connectivity index (χ3n) is 3.94. The Kier molecular flexibility index (Phi) is 6.80. The molecule has 0 saturated carbocycles. The summed E-state index contributed by atoms with van der Waals surface area (Å²) < 4.78 is 0. The Morgan fingerprint density at radius 3 is 2.47 bits per heavy atom. The van der Waals surface area contributed by atoms with Gasteiger partial charge in [0.2, 0.25) is 5.91 Å². The molecule has 0 aromatic carbocycles. The fraction of sp³-hybridized carbons (Fsp3) is 0.933. The van der Waals surface area contributed by atoms with Crippen LogP contribution in [-0.4, -0.2) is 54.0 Å². The Morgan fingerprint density at radius 1 is 1.32 bits per heavy atom. The number of carbonyl (C=O) groups is 1. The summed E-state index contributed by atoms with van der Waals surface area (Å²) in [6, 6.07) is 0.550. The number of rotatable bonds is 6.